The van der Waals surface area contributed by atoms with Crippen LogP contribution in [0.15, 0.2) is 28.7 Å². The van der Waals surface area contributed by atoms with Gasteiger partial charge in [-0.2, -0.15) is 0 Å². The summed E-state index contributed by atoms with van der Waals surface area (Å²) in [5.41, 5.74) is 1.25. The second-order valence-electron chi connectivity index (χ2n) is 3.27. The number of rotatable bonds is 6. The molecule has 15 heavy (non-hydrogen) atoms. The zero-order valence-electron chi connectivity index (χ0n) is 8.49. The van der Waals surface area contributed by atoms with E-state index in [-0.39, 0.29) is 6.61 Å². The molecule has 0 aliphatic heterocycles. The van der Waals surface area contributed by atoms with Crippen molar-refractivity contribution in [1.82, 2.24) is 0 Å². The summed E-state index contributed by atoms with van der Waals surface area (Å²) in [6.45, 7) is 0.0155. The third kappa shape index (κ3) is 4.91. The van der Waals surface area contributed by atoms with Crippen molar-refractivity contribution < 1.29 is 9.32 Å². The van der Waals surface area contributed by atoms with Crippen molar-refractivity contribution in [3.8, 4) is 0 Å². The smallest absolute Gasteiger partial charge is 0.0546 e. The number of hydrogen-bond donors (Lipinski definition) is 1. The molecule has 0 amide bonds. The van der Waals surface area contributed by atoms with Gasteiger partial charge in [0.05, 0.1) is 6.61 Å². The van der Waals surface area contributed by atoms with Crippen LogP contribution in [0.4, 0.5) is 0 Å². The summed E-state index contributed by atoms with van der Waals surface area (Å²) < 4.78 is 12.4. The molecule has 1 N–H and O–H groups in total. The summed E-state index contributed by atoms with van der Waals surface area (Å²) >= 11 is 3.48. The number of aliphatic hydroxyl groups excluding tert-OH is 1. The number of hydrogen-bond acceptors (Lipinski definition) is 2. The Morgan fingerprint density at radius 3 is 2.67 bits per heavy atom. The van der Waals surface area contributed by atoms with Gasteiger partial charge in [-0.25, -0.2) is 0 Å². The molecule has 0 bridgehead atoms. The summed E-state index contributed by atoms with van der Waals surface area (Å²) in [6.07, 6.45) is 1.83. The topological polar surface area (TPSA) is 37.3 Å². The Morgan fingerprint density at radius 1 is 1.27 bits per heavy atom. The summed E-state index contributed by atoms with van der Waals surface area (Å²) in [6, 6.07) is 8.07. The van der Waals surface area contributed by atoms with Crippen molar-refractivity contribution in [3.63, 3.8) is 0 Å². The van der Waals surface area contributed by atoms with Crippen LogP contribution >= 0.6 is 15.9 Å². The molecule has 1 aromatic rings. The Balaban J connectivity index is 2.32. The van der Waals surface area contributed by atoms with E-state index in [1.54, 1.807) is 0 Å². The van der Waals surface area contributed by atoms with E-state index in [4.69, 9.17) is 5.11 Å². The first kappa shape index (κ1) is 12.9. The molecule has 0 radical (unpaired) electrons. The predicted octanol–water partition coefficient (Wildman–Crippen LogP) is 2.12. The van der Waals surface area contributed by atoms with Gasteiger partial charge in [-0.3, -0.25) is 4.21 Å². The molecule has 2 nitrogen and oxygen atoms in total. The molecular weight excluding hydrogens is 276 g/mol. The third-order valence-electron chi connectivity index (χ3n) is 2.09. The fourth-order valence-corrected chi connectivity index (χ4v) is 2.69. The van der Waals surface area contributed by atoms with Crippen LogP contribution in [-0.2, 0) is 17.2 Å². The maximum absolute atomic E-state index is 11.3. The van der Waals surface area contributed by atoms with Crippen molar-refractivity contribution in [3.05, 3.63) is 34.3 Å². The lowest BCUT2D eigenvalue weighted by Crippen LogP contribution is -2.06. The molecule has 1 rings (SSSR count). The van der Waals surface area contributed by atoms with Gasteiger partial charge in [0.25, 0.3) is 0 Å². The van der Waals surface area contributed by atoms with Gasteiger partial charge < -0.3 is 5.11 Å². The number of aliphatic hydroxyl groups is 1. The number of halogens is 1. The van der Waals surface area contributed by atoms with Crippen molar-refractivity contribution >= 4 is 26.7 Å². The zero-order chi connectivity index (χ0) is 11.1. The summed E-state index contributed by atoms with van der Waals surface area (Å²) in [5.74, 6) is 1.07. The first-order valence-electron chi connectivity index (χ1n) is 4.93. The number of benzene rings is 1. The maximum Gasteiger partial charge on any atom is 0.0546 e. The maximum atomic E-state index is 11.3. The van der Waals surface area contributed by atoms with E-state index in [1.165, 1.54) is 5.56 Å². The lowest BCUT2D eigenvalue weighted by molar-refractivity contribution is 0.321. The molecule has 1 atom stereocenters. The first-order chi connectivity index (χ1) is 7.24. The molecule has 0 saturated carbocycles. The van der Waals surface area contributed by atoms with E-state index in [0.717, 1.165) is 17.3 Å². The van der Waals surface area contributed by atoms with Crippen LogP contribution in [0.2, 0.25) is 0 Å². The normalized spacial score (nSPS) is 12.7. The van der Waals surface area contributed by atoms with Gasteiger partial charge in [0.15, 0.2) is 0 Å². The van der Waals surface area contributed by atoms with Gasteiger partial charge in [0.2, 0.25) is 0 Å². The van der Waals surface area contributed by atoms with Crippen LogP contribution in [0.1, 0.15) is 12.0 Å². The van der Waals surface area contributed by atoms with Gasteiger partial charge in [-0.1, -0.05) is 34.1 Å². The second-order valence-corrected chi connectivity index (χ2v) is 5.82. The minimum atomic E-state index is -0.866. The third-order valence-corrected chi connectivity index (χ3v) is 4.25. The van der Waals surface area contributed by atoms with Crippen molar-refractivity contribution in [2.75, 3.05) is 18.1 Å². The molecule has 84 valence electrons. The van der Waals surface area contributed by atoms with E-state index < -0.39 is 10.8 Å². The molecule has 1 unspecified atom stereocenters. The van der Waals surface area contributed by atoms with Crippen LogP contribution in [0.5, 0.6) is 0 Å². The highest BCUT2D eigenvalue weighted by Gasteiger charge is 2.01. The van der Waals surface area contributed by atoms with Crippen molar-refractivity contribution in [2.45, 2.75) is 12.8 Å². The Labute approximate surface area is 101 Å². The number of aryl methyl sites for hydroxylation is 1. The largest absolute Gasteiger partial charge is 0.395 e. The molecule has 4 heteroatoms. The monoisotopic (exact) mass is 290 g/mol. The molecule has 1 aromatic carbocycles. The van der Waals surface area contributed by atoms with Crippen LogP contribution in [-0.4, -0.2) is 27.4 Å². The molecule has 0 aliphatic rings. The van der Waals surface area contributed by atoms with Gasteiger partial charge >= 0.3 is 0 Å². The van der Waals surface area contributed by atoms with Crippen LogP contribution in [0.25, 0.3) is 0 Å². The van der Waals surface area contributed by atoms with E-state index in [2.05, 4.69) is 22.0 Å². The average molecular weight is 291 g/mol. The Hall–Kier alpha value is -0.190. The van der Waals surface area contributed by atoms with E-state index in [0.29, 0.717) is 11.5 Å². The molecular formula is C11H15BrO2S. The quantitative estimate of drug-likeness (QED) is 0.871. The summed E-state index contributed by atoms with van der Waals surface area (Å²) in [5, 5.41) is 8.60. The highest BCUT2D eigenvalue weighted by Crippen LogP contribution is 2.17. The van der Waals surface area contributed by atoms with Gasteiger partial charge in [-0.15, -0.1) is 0 Å². The van der Waals surface area contributed by atoms with E-state index >= 15 is 0 Å². The van der Waals surface area contributed by atoms with Gasteiger partial charge in [-0.05, 0) is 24.5 Å². The minimum absolute atomic E-state index is 0.0155. The zero-order valence-corrected chi connectivity index (χ0v) is 10.9. The molecule has 0 saturated heterocycles. The predicted molar refractivity (Wildman–Crippen MR) is 67.4 cm³/mol. The minimum Gasteiger partial charge on any atom is -0.395 e. The van der Waals surface area contributed by atoms with Gasteiger partial charge in [0, 0.05) is 26.8 Å². The Morgan fingerprint density at radius 2 is 2.00 bits per heavy atom. The Bertz CT molecular complexity index is 328. The second kappa shape index (κ2) is 7.14. The Kier molecular flexibility index (Phi) is 6.13. The lowest BCUT2D eigenvalue weighted by Gasteiger charge is -2.03. The standard InChI is InChI=1S/C11H15BrO2S/c12-11-6-2-1-4-10(11)5-3-8-15(14)9-7-13/h1-2,4,6,13H,3,5,7-9H2. The molecule has 0 heterocycles. The average Bonchev–Trinajstić information content (AvgIpc) is 2.21. The van der Waals surface area contributed by atoms with E-state index in [9.17, 15) is 4.21 Å². The SMILES string of the molecule is O=S(CCO)CCCc1ccccc1Br. The summed E-state index contributed by atoms with van der Waals surface area (Å²) in [7, 11) is -0.866. The van der Waals surface area contributed by atoms with Crippen LogP contribution < -0.4 is 0 Å². The molecule has 0 spiro atoms. The van der Waals surface area contributed by atoms with Gasteiger partial charge in [0.1, 0.15) is 0 Å². The summed E-state index contributed by atoms with van der Waals surface area (Å²) in [4.78, 5) is 0. The highest BCUT2D eigenvalue weighted by atomic mass is 79.9. The fraction of sp³-hybridized carbons (Fsp3) is 0.455. The molecule has 0 aromatic heterocycles. The molecule has 0 fully saturated rings. The van der Waals surface area contributed by atoms with Crippen LogP contribution in [0.3, 0.4) is 0 Å². The van der Waals surface area contributed by atoms with Crippen molar-refractivity contribution in [2.24, 2.45) is 0 Å². The first-order valence-corrected chi connectivity index (χ1v) is 7.21. The lowest BCUT2D eigenvalue weighted by atomic mass is 10.1. The fourth-order valence-electron chi connectivity index (χ4n) is 1.33. The van der Waals surface area contributed by atoms with Crippen LogP contribution in [0, 0.1) is 0 Å². The van der Waals surface area contributed by atoms with E-state index in [1.807, 2.05) is 18.2 Å². The highest BCUT2D eigenvalue weighted by molar-refractivity contribution is 9.10. The molecule has 0 aliphatic carbocycles. The van der Waals surface area contributed by atoms with Crippen molar-refractivity contribution in [1.29, 1.82) is 0 Å².